The van der Waals surface area contributed by atoms with E-state index in [1.54, 1.807) is 0 Å². The number of carbonyl (C=O) groups excluding carboxylic acids is 1. The van der Waals surface area contributed by atoms with Crippen molar-refractivity contribution in [1.82, 2.24) is 0 Å². The van der Waals surface area contributed by atoms with Crippen LogP contribution in [0.4, 0.5) is 0 Å². The van der Waals surface area contributed by atoms with Gasteiger partial charge in [0.2, 0.25) is 0 Å². The Labute approximate surface area is 88.5 Å². The highest BCUT2D eigenvalue weighted by molar-refractivity contribution is 5.90. The minimum atomic E-state index is -0.275. The number of esters is 1. The Bertz CT molecular complexity index is 395. The fraction of sp³-hybridized carbons (Fsp3) is 0.250. The summed E-state index contributed by atoms with van der Waals surface area (Å²) in [5, 5.41) is 0. The van der Waals surface area contributed by atoms with Crippen LogP contribution < -0.4 is 5.73 Å². The van der Waals surface area contributed by atoms with Gasteiger partial charge in [-0.15, -0.1) is 0 Å². The predicted molar refractivity (Wildman–Crippen MR) is 56.7 cm³/mol. The maximum absolute atomic E-state index is 11.4. The molecule has 3 nitrogen and oxygen atoms in total. The average Bonchev–Trinajstić information content (AvgIpc) is 2.26. The molecule has 0 heterocycles. The SMILES string of the molecule is NC1=C(C(=O)OCc2ccccc2)CC1. The summed E-state index contributed by atoms with van der Waals surface area (Å²) in [6.45, 7) is 0.316. The zero-order valence-corrected chi connectivity index (χ0v) is 8.40. The number of rotatable bonds is 3. The van der Waals surface area contributed by atoms with E-state index in [2.05, 4.69) is 0 Å². The monoisotopic (exact) mass is 203 g/mol. The van der Waals surface area contributed by atoms with Gasteiger partial charge < -0.3 is 10.5 Å². The number of carbonyl (C=O) groups is 1. The molecule has 0 radical (unpaired) electrons. The van der Waals surface area contributed by atoms with Gasteiger partial charge in [-0.2, -0.15) is 0 Å². The molecule has 0 bridgehead atoms. The second-order valence-corrected chi connectivity index (χ2v) is 3.57. The van der Waals surface area contributed by atoms with Crippen LogP contribution in [0, 0.1) is 0 Å². The summed E-state index contributed by atoms with van der Waals surface area (Å²) < 4.78 is 5.13. The van der Waals surface area contributed by atoms with Gasteiger partial charge >= 0.3 is 5.97 Å². The van der Waals surface area contributed by atoms with Gasteiger partial charge in [-0.1, -0.05) is 30.3 Å². The molecule has 0 aromatic heterocycles. The van der Waals surface area contributed by atoms with Crippen molar-refractivity contribution in [3.05, 3.63) is 47.2 Å². The molecule has 2 N–H and O–H groups in total. The van der Waals surface area contributed by atoms with Gasteiger partial charge in [-0.3, -0.25) is 0 Å². The molecule has 0 fully saturated rings. The Kier molecular flexibility index (Phi) is 2.72. The molecule has 2 rings (SSSR count). The zero-order valence-electron chi connectivity index (χ0n) is 8.40. The number of nitrogens with two attached hydrogens (primary N) is 1. The van der Waals surface area contributed by atoms with Crippen molar-refractivity contribution in [2.45, 2.75) is 19.4 Å². The van der Waals surface area contributed by atoms with E-state index in [1.165, 1.54) is 0 Å². The van der Waals surface area contributed by atoms with Crippen molar-refractivity contribution < 1.29 is 9.53 Å². The molecule has 78 valence electrons. The first-order valence-corrected chi connectivity index (χ1v) is 4.96. The van der Waals surface area contributed by atoms with Crippen LogP contribution in [-0.2, 0) is 16.1 Å². The molecule has 15 heavy (non-hydrogen) atoms. The summed E-state index contributed by atoms with van der Waals surface area (Å²) in [6.07, 6.45) is 1.56. The van der Waals surface area contributed by atoms with Gasteiger partial charge in [0, 0.05) is 5.70 Å². The molecule has 0 saturated carbocycles. The molecule has 1 aromatic rings. The van der Waals surface area contributed by atoms with Gasteiger partial charge in [-0.05, 0) is 18.4 Å². The second-order valence-electron chi connectivity index (χ2n) is 3.57. The number of hydrogen-bond donors (Lipinski definition) is 1. The second kappa shape index (κ2) is 4.17. The molecule has 1 aromatic carbocycles. The van der Waals surface area contributed by atoms with E-state index >= 15 is 0 Å². The minimum Gasteiger partial charge on any atom is -0.457 e. The van der Waals surface area contributed by atoms with E-state index in [9.17, 15) is 4.79 Å². The summed E-state index contributed by atoms with van der Waals surface area (Å²) in [5.74, 6) is -0.275. The number of ether oxygens (including phenoxy) is 1. The topological polar surface area (TPSA) is 52.3 Å². The maximum Gasteiger partial charge on any atom is 0.336 e. The standard InChI is InChI=1S/C12H13NO2/c13-11-7-6-10(11)12(14)15-8-9-4-2-1-3-5-9/h1-5H,6-8,13H2. The molecule has 0 aliphatic heterocycles. The van der Waals surface area contributed by atoms with Crippen LogP contribution in [0.2, 0.25) is 0 Å². The van der Waals surface area contributed by atoms with Crippen LogP contribution in [0.15, 0.2) is 41.6 Å². The first kappa shape index (κ1) is 9.77. The fourth-order valence-corrected chi connectivity index (χ4v) is 1.44. The molecular formula is C12H13NO2. The summed E-state index contributed by atoms with van der Waals surface area (Å²) in [4.78, 5) is 11.4. The summed E-state index contributed by atoms with van der Waals surface area (Å²) >= 11 is 0. The first-order valence-electron chi connectivity index (χ1n) is 4.96. The fourth-order valence-electron chi connectivity index (χ4n) is 1.44. The van der Waals surface area contributed by atoms with Crippen molar-refractivity contribution in [3.8, 4) is 0 Å². The van der Waals surface area contributed by atoms with Crippen LogP contribution in [0.5, 0.6) is 0 Å². The predicted octanol–water partition coefficient (Wildman–Crippen LogP) is 1.74. The highest BCUT2D eigenvalue weighted by Crippen LogP contribution is 2.24. The number of allylic oxidation sites excluding steroid dienone is 1. The minimum absolute atomic E-state index is 0.275. The van der Waals surface area contributed by atoms with Crippen LogP contribution in [-0.4, -0.2) is 5.97 Å². The Morgan fingerprint density at radius 3 is 2.53 bits per heavy atom. The van der Waals surface area contributed by atoms with Gasteiger partial charge in [-0.25, -0.2) is 4.79 Å². The molecule has 1 aliphatic rings. The van der Waals surface area contributed by atoms with Crippen molar-refractivity contribution in [3.63, 3.8) is 0 Å². The van der Waals surface area contributed by atoms with Crippen molar-refractivity contribution in [2.75, 3.05) is 0 Å². The van der Waals surface area contributed by atoms with Gasteiger partial charge in [0.05, 0.1) is 5.57 Å². The van der Waals surface area contributed by atoms with E-state index < -0.39 is 0 Å². The van der Waals surface area contributed by atoms with Crippen LogP contribution in [0.3, 0.4) is 0 Å². The smallest absolute Gasteiger partial charge is 0.336 e. The van der Waals surface area contributed by atoms with Crippen LogP contribution in [0.1, 0.15) is 18.4 Å². The van der Waals surface area contributed by atoms with E-state index in [1.807, 2.05) is 30.3 Å². The lowest BCUT2D eigenvalue weighted by Crippen LogP contribution is -2.21. The Balaban J connectivity index is 1.89. The molecule has 0 amide bonds. The number of benzene rings is 1. The highest BCUT2D eigenvalue weighted by Gasteiger charge is 2.22. The lowest BCUT2D eigenvalue weighted by atomic mass is 9.95. The molecule has 1 aliphatic carbocycles. The lowest BCUT2D eigenvalue weighted by Gasteiger charge is -2.18. The third-order valence-corrected chi connectivity index (χ3v) is 2.49. The molecule has 0 saturated heterocycles. The quantitative estimate of drug-likeness (QED) is 0.761. The Morgan fingerprint density at radius 1 is 1.27 bits per heavy atom. The summed E-state index contributed by atoms with van der Waals surface area (Å²) in [6, 6.07) is 9.61. The molecular weight excluding hydrogens is 190 g/mol. The van der Waals surface area contributed by atoms with E-state index in [0.29, 0.717) is 17.9 Å². The first-order chi connectivity index (χ1) is 7.27. The van der Waals surface area contributed by atoms with E-state index in [0.717, 1.165) is 18.4 Å². The van der Waals surface area contributed by atoms with Gasteiger partial charge in [0.25, 0.3) is 0 Å². The van der Waals surface area contributed by atoms with Crippen molar-refractivity contribution >= 4 is 5.97 Å². The van der Waals surface area contributed by atoms with Crippen molar-refractivity contribution in [1.29, 1.82) is 0 Å². The van der Waals surface area contributed by atoms with Gasteiger partial charge in [0.15, 0.2) is 0 Å². The molecule has 0 atom stereocenters. The Morgan fingerprint density at radius 2 is 2.00 bits per heavy atom. The van der Waals surface area contributed by atoms with Crippen LogP contribution in [0.25, 0.3) is 0 Å². The lowest BCUT2D eigenvalue weighted by molar-refractivity contribution is -0.140. The number of hydrogen-bond acceptors (Lipinski definition) is 3. The largest absolute Gasteiger partial charge is 0.457 e. The third kappa shape index (κ3) is 2.18. The normalized spacial score (nSPS) is 14.7. The van der Waals surface area contributed by atoms with Crippen molar-refractivity contribution in [2.24, 2.45) is 5.73 Å². The molecule has 3 heteroatoms. The van der Waals surface area contributed by atoms with Crippen LogP contribution >= 0.6 is 0 Å². The molecule has 0 spiro atoms. The van der Waals surface area contributed by atoms with E-state index in [4.69, 9.17) is 10.5 Å². The zero-order chi connectivity index (χ0) is 10.7. The molecule has 0 unspecified atom stereocenters. The highest BCUT2D eigenvalue weighted by atomic mass is 16.5. The summed E-state index contributed by atoms with van der Waals surface area (Å²) in [7, 11) is 0. The summed E-state index contributed by atoms with van der Waals surface area (Å²) in [5.41, 5.74) is 7.88. The third-order valence-electron chi connectivity index (χ3n) is 2.49. The maximum atomic E-state index is 11.4. The van der Waals surface area contributed by atoms with Gasteiger partial charge in [0.1, 0.15) is 6.61 Å². The Hall–Kier alpha value is -1.77. The van der Waals surface area contributed by atoms with E-state index in [-0.39, 0.29) is 5.97 Å². The average molecular weight is 203 g/mol.